The lowest BCUT2D eigenvalue weighted by molar-refractivity contribution is 0.233. The maximum Gasteiger partial charge on any atom is 0.246 e. The van der Waals surface area contributed by atoms with E-state index in [1.165, 1.54) is 22.5 Å². The van der Waals surface area contributed by atoms with Crippen LogP contribution in [0.25, 0.3) is 0 Å². The van der Waals surface area contributed by atoms with E-state index in [1.807, 2.05) is 0 Å². The quantitative estimate of drug-likeness (QED) is 0.898. The Morgan fingerprint density at radius 2 is 2.22 bits per heavy atom. The van der Waals surface area contributed by atoms with E-state index in [2.05, 4.69) is 0 Å². The van der Waals surface area contributed by atoms with Gasteiger partial charge in [-0.05, 0) is 37.0 Å². The highest BCUT2D eigenvalue weighted by Crippen LogP contribution is 2.26. The Hall–Kier alpha value is -0.980. The number of hydrogen-bond acceptors (Lipinski definition) is 3. The second-order valence-electron chi connectivity index (χ2n) is 4.63. The van der Waals surface area contributed by atoms with E-state index in [0.29, 0.717) is 18.5 Å². The summed E-state index contributed by atoms with van der Waals surface area (Å²) in [6, 6.07) is 4.05. The molecule has 1 saturated heterocycles. The van der Waals surface area contributed by atoms with Crippen molar-refractivity contribution >= 4 is 10.0 Å². The SMILES string of the molecule is Cc1ccc(F)c(S(=O)(=O)N2CCC(CO)C2)c1. The Balaban J connectivity index is 2.34. The lowest BCUT2D eigenvalue weighted by atomic mass is 10.1. The predicted molar refractivity (Wildman–Crippen MR) is 65.1 cm³/mol. The summed E-state index contributed by atoms with van der Waals surface area (Å²) in [5.41, 5.74) is 0.702. The first-order chi connectivity index (χ1) is 8.45. The van der Waals surface area contributed by atoms with Crippen LogP contribution in [0.3, 0.4) is 0 Å². The van der Waals surface area contributed by atoms with Crippen LogP contribution in [0.5, 0.6) is 0 Å². The van der Waals surface area contributed by atoms with Crippen LogP contribution in [0.15, 0.2) is 23.1 Å². The Labute approximate surface area is 106 Å². The highest BCUT2D eigenvalue weighted by molar-refractivity contribution is 7.89. The number of nitrogens with zero attached hydrogens (tertiary/aromatic N) is 1. The van der Waals surface area contributed by atoms with Gasteiger partial charge in [0, 0.05) is 19.7 Å². The van der Waals surface area contributed by atoms with Gasteiger partial charge in [0.15, 0.2) is 0 Å². The van der Waals surface area contributed by atoms with Crippen LogP contribution < -0.4 is 0 Å². The molecule has 1 aliphatic heterocycles. The van der Waals surface area contributed by atoms with E-state index < -0.39 is 15.8 Å². The van der Waals surface area contributed by atoms with Gasteiger partial charge >= 0.3 is 0 Å². The molecule has 0 saturated carbocycles. The van der Waals surface area contributed by atoms with E-state index in [0.717, 1.165) is 0 Å². The fraction of sp³-hybridized carbons (Fsp3) is 0.500. The Morgan fingerprint density at radius 3 is 2.83 bits per heavy atom. The topological polar surface area (TPSA) is 57.6 Å². The van der Waals surface area contributed by atoms with Crippen molar-refractivity contribution in [3.8, 4) is 0 Å². The highest BCUT2D eigenvalue weighted by atomic mass is 32.2. The fourth-order valence-corrected chi connectivity index (χ4v) is 3.79. The third kappa shape index (κ3) is 2.41. The van der Waals surface area contributed by atoms with Crippen LogP contribution in [0.4, 0.5) is 4.39 Å². The second-order valence-corrected chi connectivity index (χ2v) is 6.54. The van der Waals surface area contributed by atoms with Gasteiger partial charge in [-0.25, -0.2) is 12.8 Å². The average molecular weight is 273 g/mol. The lowest BCUT2D eigenvalue weighted by Crippen LogP contribution is -2.30. The molecule has 6 heteroatoms. The van der Waals surface area contributed by atoms with Crippen molar-refractivity contribution in [1.29, 1.82) is 0 Å². The zero-order valence-electron chi connectivity index (χ0n) is 10.1. The van der Waals surface area contributed by atoms with Gasteiger partial charge in [-0.3, -0.25) is 0 Å². The largest absolute Gasteiger partial charge is 0.396 e. The molecule has 1 aromatic carbocycles. The van der Waals surface area contributed by atoms with E-state index in [9.17, 15) is 12.8 Å². The normalized spacial score (nSPS) is 21.4. The van der Waals surface area contributed by atoms with Crippen molar-refractivity contribution in [1.82, 2.24) is 4.31 Å². The number of aryl methyl sites for hydroxylation is 1. The molecule has 1 aliphatic rings. The first-order valence-corrected chi connectivity index (χ1v) is 7.26. The third-order valence-electron chi connectivity index (χ3n) is 3.21. The summed E-state index contributed by atoms with van der Waals surface area (Å²) in [6.07, 6.45) is 0.614. The van der Waals surface area contributed by atoms with Crippen molar-refractivity contribution in [2.24, 2.45) is 5.92 Å². The van der Waals surface area contributed by atoms with Gasteiger partial charge in [0.05, 0.1) is 0 Å². The molecule has 1 N–H and O–H groups in total. The highest BCUT2D eigenvalue weighted by Gasteiger charge is 2.33. The molecule has 4 nitrogen and oxygen atoms in total. The monoisotopic (exact) mass is 273 g/mol. The number of benzene rings is 1. The van der Waals surface area contributed by atoms with Gasteiger partial charge in [-0.2, -0.15) is 4.31 Å². The summed E-state index contributed by atoms with van der Waals surface area (Å²) in [5.74, 6) is -0.777. The van der Waals surface area contributed by atoms with Crippen LogP contribution in [-0.4, -0.2) is 37.5 Å². The number of rotatable bonds is 3. The molecule has 1 heterocycles. The second kappa shape index (κ2) is 4.95. The van der Waals surface area contributed by atoms with Gasteiger partial charge < -0.3 is 5.11 Å². The Kier molecular flexibility index (Phi) is 3.70. The smallest absolute Gasteiger partial charge is 0.246 e. The molecule has 0 aromatic heterocycles. The standard InChI is InChI=1S/C12H16FNO3S/c1-9-2-3-11(13)12(6-9)18(16,17)14-5-4-10(7-14)8-15/h2-3,6,10,15H,4-5,7-8H2,1H3. The Bertz CT molecular complexity index is 544. The van der Waals surface area contributed by atoms with Gasteiger partial charge in [-0.1, -0.05) is 6.07 Å². The summed E-state index contributed by atoms with van der Waals surface area (Å²) >= 11 is 0. The van der Waals surface area contributed by atoms with Gasteiger partial charge in [0.2, 0.25) is 10.0 Å². The number of sulfonamides is 1. The third-order valence-corrected chi connectivity index (χ3v) is 5.09. The summed E-state index contributed by atoms with van der Waals surface area (Å²) in [4.78, 5) is -0.277. The van der Waals surface area contributed by atoms with Crippen molar-refractivity contribution in [2.45, 2.75) is 18.2 Å². The summed E-state index contributed by atoms with van der Waals surface area (Å²) in [7, 11) is -3.79. The molecule has 1 unspecified atom stereocenters. The zero-order chi connectivity index (χ0) is 13.3. The lowest BCUT2D eigenvalue weighted by Gasteiger charge is -2.17. The van der Waals surface area contributed by atoms with E-state index in [4.69, 9.17) is 5.11 Å². The van der Waals surface area contributed by atoms with E-state index in [1.54, 1.807) is 6.92 Å². The van der Waals surface area contributed by atoms with Crippen molar-refractivity contribution in [2.75, 3.05) is 19.7 Å². The molecule has 100 valence electrons. The molecule has 1 fully saturated rings. The summed E-state index contributed by atoms with van der Waals surface area (Å²) < 4.78 is 39.4. The van der Waals surface area contributed by atoms with Gasteiger partial charge in [-0.15, -0.1) is 0 Å². The van der Waals surface area contributed by atoms with Gasteiger partial charge in [0.1, 0.15) is 10.7 Å². The minimum atomic E-state index is -3.79. The minimum absolute atomic E-state index is 0.0394. The Morgan fingerprint density at radius 1 is 1.50 bits per heavy atom. The van der Waals surface area contributed by atoms with Crippen LogP contribution >= 0.6 is 0 Å². The average Bonchev–Trinajstić information content (AvgIpc) is 2.81. The van der Waals surface area contributed by atoms with Crippen LogP contribution in [0, 0.1) is 18.7 Å². The first kappa shape index (κ1) is 13.5. The molecule has 0 radical (unpaired) electrons. The van der Waals surface area contributed by atoms with E-state index >= 15 is 0 Å². The molecule has 2 rings (SSSR count). The number of hydrogen-bond donors (Lipinski definition) is 1. The van der Waals surface area contributed by atoms with Crippen LogP contribution in [0.2, 0.25) is 0 Å². The van der Waals surface area contributed by atoms with Crippen molar-refractivity contribution in [3.63, 3.8) is 0 Å². The fourth-order valence-electron chi connectivity index (χ4n) is 2.11. The van der Waals surface area contributed by atoms with Crippen LogP contribution in [-0.2, 0) is 10.0 Å². The number of halogens is 1. The molecule has 0 aliphatic carbocycles. The van der Waals surface area contributed by atoms with Crippen LogP contribution in [0.1, 0.15) is 12.0 Å². The maximum atomic E-state index is 13.6. The van der Waals surface area contributed by atoms with Crippen molar-refractivity contribution in [3.05, 3.63) is 29.6 Å². The van der Waals surface area contributed by atoms with Gasteiger partial charge in [0.25, 0.3) is 0 Å². The molecule has 1 aromatic rings. The number of aliphatic hydroxyl groups is 1. The minimum Gasteiger partial charge on any atom is -0.396 e. The molecule has 0 spiro atoms. The zero-order valence-corrected chi connectivity index (χ0v) is 11.0. The molecular weight excluding hydrogens is 257 g/mol. The molecule has 0 bridgehead atoms. The molecule has 0 amide bonds. The van der Waals surface area contributed by atoms with Crippen molar-refractivity contribution < 1.29 is 17.9 Å². The molecular formula is C12H16FNO3S. The summed E-state index contributed by atoms with van der Waals surface area (Å²) in [5, 5.41) is 9.02. The predicted octanol–water partition coefficient (Wildman–Crippen LogP) is 1.14. The van der Waals surface area contributed by atoms with E-state index in [-0.39, 0.29) is 24.0 Å². The molecule has 18 heavy (non-hydrogen) atoms. The summed E-state index contributed by atoms with van der Waals surface area (Å²) in [6.45, 7) is 2.27. The molecule has 1 atom stereocenters. The first-order valence-electron chi connectivity index (χ1n) is 5.82. The number of aliphatic hydroxyl groups excluding tert-OH is 1. The maximum absolute atomic E-state index is 13.6.